The SMILES string of the molecule is C/C(=C/N[C@H](C(=O)N1CCC[C@H]1C(=O)N[C@@H](CO)c1ccc(-c2ccncc2C)cc1)C(C)C)N=N. The van der Waals surface area contributed by atoms with Gasteiger partial charge in [0, 0.05) is 25.1 Å². The fraction of sp³-hybridized carbons (Fsp3) is 0.444. The Bertz CT molecular complexity index is 1100. The summed E-state index contributed by atoms with van der Waals surface area (Å²) in [6.45, 7) is 7.78. The van der Waals surface area contributed by atoms with Gasteiger partial charge in [0.25, 0.3) is 0 Å². The fourth-order valence-electron chi connectivity index (χ4n) is 4.47. The van der Waals surface area contributed by atoms with Crippen molar-refractivity contribution in [3.63, 3.8) is 0 Å². The van der Waals surface area contributed by atoms with E-state index in [0.29, 0.717) is 18.7 Å². The van der Waals surface area contributed by atoms with E-state index in [1.165, 1.54) is 0 Å². The van der Waals surface area contributed by atoms with Gasteiger partial charge in [-0.2, -0.15) is 5.11 Å². The first-order valence-electron chi connectivity index (χ1n) is 12.3. The number of nitrogens with one attached hydrogen (secondary N) is 3. The third kappa shape index (κ3) is 6.34. The zero-order valence-electron chi connectivity index (χ0n) is 21.4. The van der Waals surface area contributed by atoms with E-state index >= 15 is 0 Å². The molecular formula is C27H36N6O3. The van der Waals surface area contributed by atoms with E-state index in [1.807, 2.05) is 57.3 Å². The summed E-state index contributed by atoms with van der Waals surface area (Å²) >= 11 is 0. The van der Waals surface area contributed by atoms with Crippen molar-refractivity contribution in [2.45, 2.75) is 58.7 Å². The molecule has 0 unspecified atom stereocenters. The molecule has 36 heavy (non-hydrogen) atoms. The average Bonchev–Trinajstić information content (AvgIpc) is 3.37. The van der Waals surface area contributed by atoms with E-state index in [0.717, 1.165) is 28.7 Å². The van der Waals surface area contributed by atoms with Crippen LogP contribution in [0.15, 0.2) is 59.7 Å². The summed E-state index contributed by atoms with van der Waals surface area (Å²) in [6.07, 6.45) is 6.42. The summed E-state index contributed by atoms with van der Waals surface area (Å²) in [6, 6.07) is 7.99. The van der Waals surface area contributed by atoms with Crippen LogP contribution in [0.1, 0.15) is 50.8 Å². The van der Waals surface area contributed by atoms with Crippen molar-refractivity contribution < 1.29 is 14.7 Å². The molecule has 3 atom stereocenters. The maximum absolute atomic E-state index is 13.4. The van der Waals surface area contributed by atoms with Gasteiger partial charge in [0.2, 0.25) is 11.8 Å². The molecule has 0 aliphatic carbocycles. The highest BCUT2D eigenvalue weighted by Crippen LogP contribution is 2.25. The normalized spacial score (nSPS) is 17.6. The number of benzene rings is 1. The number of likely N-dealkylation sites (tertiary alicyclic amines) is 1. The molecule has 0 spiro atoms. The fourth-order valence-corrected chi connectivity index (χ4v) is 4.47. The highest BCUT2D eigenvalue weighted by molar-refractivity contribution is 5.90. The number of aromatic nitrogens is 1. The van der Waals surface area contributed by atoms with Gasteiger partial charge in [0.05, 0.1) is 18.3 Å². The lowest BCUT2D eigenvalue weighted by Gasteiger charge is -2.31. The molecule has 3 rings (SSSR count). The van der Waals surface area contributed by atoms with Crippen molar-refractivity contribution in [3.8, 4) is 11.1 Å². The molecule has 1 aromatic heterocycles. The van der Waals surface area contributed by atoms with E-state index in [4.69, 9.17) is 5.53 Å². The molecule has 9 heteroatoms. The van der Waals surface area contributed by atoms with Crippen LogP contribution in [0, 0.1) is 18.4 Å². The van der Waals surface area contributed by atoms with Crippen molar-refractivity contribution in [2.75, 3.05) is 13.2 Å². The number of pyridine rings is 1. The number of rotatable bonds is 10. The molecule has 0 radical (unpaired) electrons. The molecule has 192 valence electrons. The van der Waals surface area contributed by atoms with Crippen molar-refractivity contribution >= 4 is 11.8 Å². The molecule has 4 N–H and O–H groups in total. The maximum atomic E-state index is 13.4. The third-order valence-corrected chi connectivity index (χ3v) is 6.56. The first kappa shape index (κ1) is 27.0. The van der Waals surface area contributed by atoms with E-state index in [1.54, 1.807) is 24.2 Å². The van der Waals surface area contributed by atoms with Gasteiger partial charge in [-0.3, -0.25) is 14.6 Å². The first-order chi connectivity index (χ1) is 17.3. The van der Waals surface area contributed by atoms with Gasteiger partial charge in [-0.15, -0.1) is 0 Å². The zero-order valence-corrected chi connectivity index (χ0v) is 21.4. The van der Waals surface area contributed by atoms with E-state index in [9.17, 15) is 14.7 Å². The first-order valence-corrected chi connectivity index (χ1v) is 12.3. The molecule has 2 amide bonds. The van der Waals surface area contributed by atoms with Gasteiger partial charge >= 0.3 is 0 Å². The number of amides is 2. The second-order valence-electron chi connectivity index (χ2n) is 9.53. The Morgan fingerprint density at radius 1 is 1.28 bits per heavy atom. The molecule has 2 heterocycles. The minimum atomic E-state index is -0.598. The third-order valence-electron chi connectivity index (χ3n) is 6.56. The van der Waals surface area contributed by atoms with Gasteiger partial charge in [-0.05, 0) is 60.9 Å². The molecule has 1 fully saturated rings. The van der Waals surface area contributed by atoms with Crippen LogP contribution >= 0.6 is 0 Å². The summed E-state index contributed by atoms with van der Waals surface area (Å²) < 4.78 is 0. The number of carbonyl (C=O) groups excluding carboxylic acids is 2. The standard InChI is InChI=1S/C27H36N6O3/c1-17(2)25(30-15-19(4)32-28)27(36)33-13-5-6-24(33)26(35)31-23(16-34)21-9-7-20(8-10-21)22-11-12-29-14-18(22)3/h7-12,14-15,17,23-25,28,30,34H,5-6,13,16H2,1-4H3,(H,31,35)/b19-15-,32-28?/t23-,24-,25-/m0/s1. The molecule has 1 aliphatic heterocycles. The zero-order chi connectivity index (χ0) is 26.2. The van der Waals surface area contributed by atoms with Crippen LogP contribution in [0.5, 0.6) is 0 Å². The molecular weight excluding hydrogens is 456 g/mol. The number of aliphatic hydroxyl groups is 1. The lowest BCUT2D eigenvalue weighted by molar-refractivity contribution is -0.141. The van der Waals surface area contributed by atoms with Crippen LogP contribution in [-0.2, 0) is 9.59 Å². The smallest absolute Gasteiger partial charge is 0.245 e. The number of hydrogen-bond donors (Lipinski definition) is 4. The van der Waals surface area contributed by atoms with Gasteiger partial charge in [0.15, 0.2) is 0 Å². The summed E-state index contributed by atoms with van der Waals surface area (Å²) in [5.74, 6) is -0.456. The predicted octanol–water partition coefficient (Wildman–Crippen LogP) is 3.70. The summed E-state index contributed by atoms with van der Waals surface area (Å²) in [5.41, 5.74) is 11.5. The van der Waals surface area contributed by atoms with E-state index in [2.05, 4.69) is 20.7 Å². The highest BCUT2D eigenvalue weighted by atomic mass is 16.3. The molecule has 1 saturated heterocycles. The Morgan fingerprint density at radius 2 is 2.00 bits per heavy atom. The number of carbonyl (C=O) groups is 2. The van der Waals surface area contributed by atoms with Gasteiger partial charge in [-0.25, -0.2) is 5.53 Å². The molecule has 9 nitrogen and oxygen atoms in total. The Morgan fingerprint density at radius 3 is 2.61 bits per heavy atom. The molecule has 0 bridgehead atoms. The lowest BCUT2D eigenvalue weighted by Crippen LogP contribution is -2.53. The van der Waals surface area contributed by atoms with Gasteiger partial charge in [-0.1, -0.05) is 38.1 Å². The van der Waals surface area contributed by atoms with Crippen LogP contribution in [0.2, 0.25) is 0 Å². The van der Waals surface area contributed by atoms with Crippen LogP contribution in [0.4, 0.5) is 0 Å². The predicted molar refractivity (Wildman–Crippen MR) is 138 cm³/mol. The van der Waals surface area contributed by atoms with Crippen molar-refractivity contribution in [1.82, 2.24) is 20.5 Å². The minimum Gasteiger partial charge on any atom is -0.394 e. The quantitative estimate of drug-likeness (QED) is 0.376. The van der Waals surface area contributed by atoms with Crippen LogP contribution in [-0.4, -0.2) is 52.0 Å². The van der Waals surface area contributed by atoms with E-state index in [-0.39, 0.29) is 24.3 Å². The number of allylic oxidation sites excluding steroid dienone is 1. The van der Waals surface area contributed by atoms with Crippen molar-refractivity contribution in [2.24, 2.45) is 11.0 Å². The summed E-state index contributed by atoms with van der Waals surface area (Å²) in [4.78, 5) is 32.4. The molecule has 2 aromatic rings. The van der Waals surface area contributed by atoms with Crippen molar-refractivity contribution in [1.29, 1.82) is 5.53 Å². The molecule has 0 saturated carbocycles. The topological polar surface area (TPSA) is 131 Å². The van der Waals surface area contributed by atoms with Crippen LogP contribution in [0.3, 0.4) is 0 Å². The largest absolute Gasteiger partial charge is 0.394 e. The highest BCUT2D eigenvalue weighted by Gasteiger charge is 2.38. The van der Waals surface area contributed by atoms with E-state index < -0.39 is 18.1 Å². The van der Waals surface area contributed by atoms with Gasteiger partial charge in [0.1, 0.15) is 12.1 Å². The second-order valence-corrected chi connectivity index (χ2v) is 9.53. The van der Waals surface area contributed by atoms with Crippen molar-refractivity contribution in [3.05, 3.63) is 65.7 Å². The Kier molecular flexibility index (Phi) is 9.30. The number of aliphatic hydroxyl groups excluding tert-OH is 1. The Balaban J connectivity index is 1.71. The monoisotopic (exact) mass is 492 g/mol. The maximum Gasteiger partial charge on any atom is 0.245 e. The minimum absolute atomic E-state index is 0.0238. The summed E-state index contributed by atoms with van der Waals surface area (Å²) in [5, 5.41) is 19.4. The average molecular weight is 493 g/mol. The Labute approximate surface area is 212 Å². The summed E-state index contributed by atoms with van der Waals surface area (Å²) in [7, 11) is 0. The molecule has 1 aromatic carbocycles. The second kappa shape index (κ2) is 12.4. The number of nitrogens with zero attached hydrogens (tertiary/aromatic N) is 3. The van der Waals surface area contributed by atoms with Gasteiger partial charge < -0.3 is 20.6 Å². The number of hydrogen-bond acceptors (Lipinski definition) is 7. The van der Waals surface area contributed by atoms with Crippen LogP contribution in [0.25, 0.3) is 11.1 Å². The van der Waals surface area contributed by atoms with Crippen LogP contribution < -0.4 is 10.6 Å². The Hall–Kier alpha value is -3.59. The molecule has 1 aliphatic rings. The lowest BCUT2D eigenvalue weighted by atomic mass is 9.99. The number of aryl methyl sites for hydroxylation is 1.